The molecule has 0 unspecified atom stereocenters. The third kappa shape index (κ3) is 3.19. The minimum Gasteiger partial charge on any atom is -0.354 e. The van der Waals surface area contributed by atoms with Crippen LogP contribution in [0.5, 0.6) is 0 Å². The van der Waals surface area contributed by atoms with Gasteiger partial charge >= 0.3 is 6.18 Å². The highest BCUT2D eigenvalue weighted by Crippen LogP contribution is 2.29. The van der Waals surface area contributed by atoms with E-state index in [0.29, 0.717) is 16.9 Å². The lowest BCUT2D eigenvalue weighted by Crippen LogP contribution is -2.07. The van der Waals surface area contributed by atoms with Crippen LogP contribution in [0.3, 0.4) is 0 Å². The molecule has 0 aliphatic carbocycles. The predicted molar refractivity (Wildman–Crippen MR) is 68.7 cm³/mol. The van der Waals surface area contributed by atoms with Crippen molar-refractivity contribution in [3.8, 4) is 6.07 Å². The third-order valence-corrected chi connectivity index (χ3v) is 2.74. The van der Waals surface area contributed by atoms with Crippen LogP contribution in [0.4, 0.5) is 24.5 Å². The van der Waals surface area contributed by atoms with Crippen molar-refractivity contribution in [1.29, 1.82) is 5.26 Å². The van der Waals surface area contributed by atoms with Crippen molar-refractivity contribution < 1.29 is 13.2 Å². The third-order valence-electron chi connectivity index (χ3n) is 2.43. The standard InChI is InChI=1S/C13H7ClF3N3/c14-11-5-9(2-1-8(11)6-18)20-10-3-4-12(19-7-10)13(15,16)17/h1-5,7,20H. The lowest BCUT2D eigenvalue weighted by molar-refractivity contribution is -0.141. The summed E-state index contributed by atoms with van der Waals surface area (Å²) in [5.74, 6) is 0. The van der Waals surface area contributed by atoms with Gasteiger partial charge in [-0.15, -0.1) is 0 Å². The summed E-state index contributed by atoms with van der Waals surface area (Å²) < 4.78 is 37.1. The second kappa shape index (κ2) is 5.39. The van der Waals surface area contributed by atoms with Gasteiger partial charge in [0.05, 0.1) is 22.5 Å². The van der Waals surface area contributed by atoms with Crippen LogP contribution < -0.4 is 5.32 Å². The number of nitriles is 1. The largest absolute Gasteiger partial charge is 0.433 e. The molecule has 2 rings (SSSR count). The van der Waals surface area contributed by atoms with Crippen molar-refractivity contribution in [2.45, 2.75) is 6.18 Å². The Balaban J connectivity index is 2.19. The summed E-state index contributed by atoms with van der Waals surface area (Å²) >= 11 is 5.85. The van der Waals surface area contributed by atoms with E-state index in [0.717, 1.165) is 12.3 Å². The fraction of sp³-hybridized carbons (Fsp3) is 0.0769. The van der Waals surface area contributed by atoms with Gasteiger partial charge in [0.2, 0.25) is 0 Å². The maximum atomic E-state index is 12.4. The first kappa shape index (κ1) is 14.2. The number of hydrogen-bond donors (Lipinski definition) is 1. The highest BCUT2D eigenvalue weighted by atomic mass is 35.5. The van der Waals surface area contributed by atoms with E-state index in [1.807, 2.05) is 6.07 Å². The number of halogens is 4. The molecule has 0 spiro atoms. The SMILES string of the molecule is N#Cc1ccc(Nc2ccc(C(F)(F)F)nc2)cc1Cl. The topological polar surface area (TPSA) is 48.7 Å². The zero-order chi connectivity index (χ0) is 14.8. The van der Waals surface area contributed by atoms with Crippen molar-refractivity contribution in [2.75, 3.05) is 5.32 Å². The monoisotopic (exact) mass is 297 g/mol. The summed E-state index contributed by atoms with van der Waals surface area (Å²) in [5.41, 5.74) is 0.304. The molecule has 102 valence electrons. The molecule has 0 aliphatic heterocycles. The molecule has 2 aromatic rings. The van der Waals surface area contributed by atoms with Crippen LogP contribution in [0.25, 0.3) is 0 Å². The molecule has 0 radical (unpaired) electrons. The maximum Gasteiger partial charge on any atom is 0.433 e. The summed E-state index contributed by atoms with van der Waals surface area (Å²) in [6.45, 7) is 0. The number of aromatic nitrogens is 1. The van der Waals surface area contributed by atoms with E-state index >= 15 is 0 Å². The zero-order valence-electron chi connectivity index (χ0n) is 9.87. The van der Waals surface area contributed by atoms with E-state index in [4.69, 9.17) is 16.9 Å². The van der Waals surface area contributed by atoms with Gasteiger partial charge in [-0.1, -0.05) is 11.6 Å². The first-order valence-electron chi connectivity index (χ1n) is 5.40. The molecule has 1 heterocycles. The molecule has 0 bridgehead atoms. The maximum absolute atomic E-state index is 12.4. The van der Waals surface area contributed by atoms with E-state index < -0.39 is 11.9 Å². The first-order valence-corrected chi connectivity index (χ1v) is 5.78. The molecule has 7 heteroatoms. The minimum atomic E-state index is -4.46. The molecule has 1 aromatic heterocycles. The van der Waals surface area contributed by atoms with E-state index in [1.54, 1.807) is 6.07 Å². The van der Waals surface area contributed by atoms with E-state index in [9.17, 15) is 13.2 Å². The molecular weight excluding hydrogens is 291 g/mol. The number of rotatable bonds is 2. The Labute approximate surface area is 117 Å². The van der Waals surface area contributed by atoms with Crippen molar-refractivity contribution in [2.24, 2.45) is 0 Å². The number of hydrogen-bond acceptors (Lipinski definition) is 3. The zero-order valence-corrected chi connectivity index (χ0v) is 10.6. The quantitative estimate of drug-likeness (QED) is 0.895. The number of benzene rings is 1. The average Bonchev–Trinajstić information content (AvgIpc) is 2.38. The highest BCUT2D eigenvalue weighted by molar-refractivity contribution is 6.32. The van der Waals surface area contributed by atoms with Gasteiger partial charge < -0.3 is 5.32 Å². The van der Waals surface area contributed by atoms with Crippen molar-refractivity contribution in [1.82, 2.24) is 4.98 Å². The molecular formula is C13H7ClF3N3. The molecule has 1 N–H and O–H groups in total. The average molecular weight is 298 g/mol. The van der Waals surface area contributed by atoms with Gasteiger partial charge in [0, 0.05) is 5.69 Å². The molecule has 3 nitrogen and oxygen atoms in total. The predicted octanol–water partition coefficient (Wildman–Crippen LogP) is 4.37. The van der Waals surface area contributed by atoms with Crippen LogP contribution in [-0.4, -0.2) is 4.98 Å². The summed E-state index contributed by atoms with van der Waals surface area (Å²) in [6, 6.07) is 8.69. The number of nitrogens with one attached hydrogen (secondary N) is 1. The molecule has 0 aliphatic rings. The highest BCUT2D eigenvalue weighted by Gasteiger charge is 2.31. The number of pyridine rings is 1. The normalized spacial score (nSPS) is 10.9. The minimum absolute atomic E-state index is 0.261. The molecule has 20 heavy (non-hydrogen) atoms. The molecule has 0 fully saturated rings. The van der Waals surface area contributed by atoms with Gasteiger partial charge in [-0.05, 0) is 30.3 Å². The fourth-order valence-electron chi connectivity index (χ4n) is 1.49. The van der Waals surface area contributed by atoms with E-state index in [-0.39, 0.29) is 5.02 Å². The van der Waals surface area contributed by atoms with Crippen LogP contribution >= 0.6 is 11.6 Å². The Morgan fingerprint density at radius 1 is 1.15 bits per heavy atom. The molecule has 0 saturated heterocycles. The van der Waals surface area contributed by atoms with Crippen LogP contribution in [0.15, 0.2) is 36.5 Å². The second-order valence-corrected chi connectivity index (χ2v) is 4.27. The lowest BCUT2D eigenvalue weighted by Gasteiger charge is -2.09. The first-order chi connectivity index (χ1) is 9.40. The van der Waals surface area contributed by atoms with Gasteiger partial charge in [0.1, 0.15) is 11.8 Å². The summed E-state index contributed by atoms with van der Waals surface area (Å²) in [4.78, 5) is 3.33. The number of nitrogens with zero attached hydrogens (tertiary/aromatic N) is 2. The fourth-order valence-corrected chi connectivity index (χ4v) is 1.71. The Bertz CT molecular complexity index is 660. The lowest BCUT2D eigenvalue weighted by atomic mass is 10.2. The van der Waals surface area contributed by atoms with Crippen LogP contribution in [0.2, 0.25) is 5.02 Å². The van der Waals surface area contributed by atoms with Crippen LogP contribution in [0.1, 0.15) is 11.3 Å². The van der Waals surface area contributed by atoms with Gasteiger partial charge in [0.15, 0.2) is 0 Å². The molecule has 1 aromatic carbocycles. The second-order valence-electron chi connectivity index (χ2n) is 3.86. The smallest absolute Gasteiger partial charge is 0.354 e. The van der Waals surface area contributed by atoms with E-state index in [2.05, 4.69) is 10.3 Å². The molecule has 0 atom stereocenters. The number of alkyl halides is 3. The summed E-state index contributed by atoms with van der Waals surface area (Å²) in [5, 5.41) is 11.8. The Morgan fingerprint density at radius 2 is 1.85 bits per heavy atom. The Kier molecular flexibility index (Phi) is 3.81. The van der Waals surface area contributed by atoms with Crippen molar-refractivity contribution >= 4 is 23.0 Å². The van der Waals surface area contributed by atoms with Crippen LogP contribution in [-0.2, 0) is 6.18 Å². The summed E-state index contributed by atoms with van der Waals surface area (Å²) in [7, 11) is 0. The van der Waals surface area contributed by atoms with Gasteiger partial charge in [-0.25, -0.2) is 4.98 Å². The molecule has 0 amide bonds. The Morgan fingerprint density at radius 3 is 2.35 bits per heavy atom. The Hall–Kier alpha value is -2.26. The van der Waals surface area contributed by atoms with Gasteiger partial charge in [0.25, 0.3) is 0 Å². The van der Waals surface area contributed by atoms with Gasteiger partial charge in [-0.2, -0.15) is 18.4 Å². The number of anilines is 2. The van der Waals surface area contributed by atoms with Gasteiger partial charge in [-0.3, -0.25) is 0 Å². The van der Waals surface area contributed by atoms with Crippen molar-refractivity contribution in [3.63, 3.8) is 0 Å². The van der Waals surface area contributed by atoms with Crippen molar-refractivity contribution in [3.05, 3.63) is 52.8 Å². The van der Waals surface area contributed by atoms with Crippen LogP contribution in [0, 0.1) is 11.3 Å². The van der Waals surface area contributed by atoms with E-state index in [1.165, 1.54) is 18.2 Å². The summed E-state index contributed by atoms with van der Waals surface area (Å²) in [6.07, 6.45) is -3.38. The molecule has 0 saturated carbocycles.